The Balaban J connectivity index is 1.84. The van der Waals surface area contributed by atoms with Crippen molar-refractivity contribution < 1.29 is 9.84 Å². The highest BCUT2D eigenvalue weighted by Gasteiger charge is 2.23. The van der Waals surface area contributed by atoms with E-state index in [1.54, 1.807) is 0 Å². The van der Waals surface area contributed by atoms with Gasteiger partial charge in [0.1, 0.15) is 0 Å². The van der Waals surface area contributed by atoms with Gasteiger partial charge >= 0.3 is 0 Å². The van der Waals surface area contributed by atoms with Gasteiger partial charge in [-0.2, -0.15) is 0 Å². The molecule has 2 unspecified atom stereocenters. The summed E-state index contributed by atoms with van der Waals surface area (Å²) >= 11 is 0. The van der Waals surface area contributed by atoms with Gasteiger partial charge in [0.25, 0.3) is 0 Å². The van der Waals surface area contributed by atoms with E-state index >= 15 is 0 Å². The van der Waals surface area contributed by atoms with Gasteiger partial charge in [0.15, 0.2) is 0 Å². The number of rotatable bonds is 5. The molecule has 0 bridgehead atoms. The lowest BCUT2D eigenvalue weighted by molar-refractivity contribution is -0.0221. The van der Waals surface area contributed by atoms with Gasteiger partial charge in [0.2, 0.25) is 0 Å². The van der Waals surface area contributed by atoms with Crippen LogP contribution >= 0.6 is 0 Å². The Bertz CT molecular complexity index is 467. The lowest BCUT2D eigenvalue weighted by atomic mass is 9.85. The topological polar surface area (TPSA) is 29.5 Å². The van der Waals surface area contributed by atoms with Gasteiger partial charge in [0.05, 0.1) is 19.3 Å². The summed E-state index contributed by atoms with van der Waals surface area (Å²) in [5.74, 6) is 6.72. The lowest BCUT2D eigenvalue weighted by Crippen LogP contribution is -2.27. The molecule has 1 aliphatic rings. The highest BCUT2D eigenvalue weighted by Crippen LogP contribution is 2.29. The molecule has 1 aromatic rings. The van der Waals surface area contributed by atoms with Crippen LogP contribution in [-0.2, 0) is 11.3 Å². The molecular weight excluding hydrogens is 260 g/mol. The molecule has 0 amide bonds. The molecule has 0 aliphatic heterocycles. The summed E-state index contributed by atoms with van der Waals surface area (Å²) in [5, 5.41) is 8.70. The number of ether oxygens (including phenoxy) is 1. The van der Waals surface area contributed by atoms with Crippen LogP contribution in [0.25, 0.3) is 0 Å². The van der Waals surface area contributed by atoms with Crippen LogP contribution in [0.4, 0.5) is 0 Å². The zero-order valence-electron chi connectivity index (χ0n) is 13.0. The standard InChI is InChI=1S/C19H26O2/c1-2-18-8-3-4-9-19(18)21-15-17-12-10-16(11-13-17)7-5-6-14-20/h10-13,18-20H,2-4,6,8-9,14-15H2,1H3. The van der Waals surface area contributed by atoms with Crippen LogP contribution in [0.5, 0.6) is 0 Å². The lowest BCUT2D eigenvalue weighted by Gasteiger charge is -2.30. The van der Waals surface area contributed by atoms with Crippen molar-refractivity contribution in [3.05, 3.63) is 35.4 Å². The van der Waals surface area contributed by atoms with Crippen LogP contribution in [0.2, 0.25) is 0 Å². The Morgan fingerprint density at radius 2 is 1.95 bits per heavy atom. The second-order valence-electron chi connectivity index (χ2n) is 5.77. The molecular formula is C19H26O2. The summed E-state index contributed by atoms with van der Waals surface area (Å²) in [6.45, 7) is 3.09. The van der Waals surface area contributed by atoms with Crippen LogP contribution < -0.4 is 0 Å². The highest BCUT2D eigenvalue weighted by atomic mass is 16.5. The van der Waals surface area contributed by atoms with Crippen molar-refractivity contribution in [3.8, 4) is 11.8 Å². The molecule has 1 aromatic carbocycles. The maximum Gasteiger partial charge on any atom is 0.0720 e. The molecule has 0 saturated heterocycles. The minimum atomic E-state index is 0.124. The van der Waals surface area contributed by atoms with Gasteiger partial charge in [-0.25, -0.2) is 0 Å². The third-order valence-corrected chi connectivity index (χ3v) is 4.25. The third kappa shape index (κ3) is 5.19. The summed E-state index contributed by atoms with van der Waals surface area (Å²) in [7, 11) is 0. The van der Waals surface area contributed by atoms with E-state index < -0.39 is 0 Å². The molecule has 0 radical (unpaired) electrons. The van der Waals surface area contributed by atoms with Crippen molar-refractivity contribution in [2.45, 2.75) is 58.2 Å². The Kier molecular flexibility index (Phi) is 6.79. The van der Waals surface area contributed by atoms with Crippen molar-refractivity contribution in [2.75, 3.05) is 6.61 Å². The van der Waals surface area contributed by atoms with E-state index in [1.807, 2.05) is 12.1 Å². The van der Waals surface area contributed by atoms with Gasteiger partial charge in [0, 0.05) is 12.0 Å². The molecule has 0 aromatic heterocycles. The molecule has 2 atom stereocenters. The number of benzene rings is 1. The van der Waals surface area contributed by atoms with Gasteiger partial charge in [-0.1, -0.05) is 50.2 Å². The van der Waals surface area contributed by atoms with E-state index in [0.29, 0.717) is 19.1 Å². The average molecular weight is 286 g/mol. The van der Waals surface area contributed by atoms with Crippen molar-refractivity contribution in [2.24, 2.45) is 5.92 Å². The maximum absolute atomic E-state index is 8.70. The van der Waals surface area contributed by atoms with Gasteiger partial charge in [-0.15, -0.1) is 0 Å². The summed E-state index contributed by atoms with van der Waals surface area (Å²) in [6, 6.07) is 8.24. The number of hydrogen-bond donors (Lipinski definition) is 1. The van der Waals surface area contributed by atoms with Gasteiger partial charge < -0.3 is 9.84 Å². The molecule has 114 valence electrons. The van der Waals surface area contributed by atoms with E-state index in [9.17, 15) is 0 Å². The molecule has 1 fully saturated rings. The zero-order chi connectivity index (χ0) is 14.9. The van der Waals surface area contributed by atoms with Gasteiger partial charge in [-0.05, 0) is 36.5 Å². The van der Waals surface area contributed by atoms with Gasteiger partial charge in [-0.3, -0.25) is 0 Å². The zero-order valence-corrected chi connectivity index (χ0v) is 13.0. The van der Waals surface area contributed by atoms with Crippen LogP contribution in [0.3, 0.4) is 0 Å². The molecule has 1 aliphatic carbocycles. The first-order valence-corrected chi connectivity index (χ1v) is 8.13. The van der Waals surface area contributed by atoms with E-state index in [0.717, 1.165) is 11.5 Å². The Hall–Kier alpha value is -1.30. The largest absolute Gasteiger partial charge is 0.395 e. The van der Waals surface area contributed by atoms with E-state index in [-0.39, 0.29) is 6.61 Å². The first-order valence-electron chi connectivity index (χ1n) is 8.13. The second-order valence-corrected chi connectivity index (χ2v) is 5.77. The minimum Gasteiger partial charge on any atom is -0.395 e. The molecule has 21 heavy (non-hydrogen) atoms. The summed E-state index contributed by atoms with van der Waals surface area (Å²) in [4.78, 5) is 0. The molecule has 2 nitrogen and oxygen atoms in total. The van der Waals surface area contributed by atoms with Crippen LogP contribution in [0, 0.1) is 17.8 Å². The van der Waals surface area contributed by atoms with Crippen LogP contribution in [0.15, 0.2) is 24.3 Å². The molecule has 2 heteroatoms. The summed E-state index contributed by atoms with van der Waals surface area (Å²) in [6.07, 6.45) is 7.39. The van der Waals surface area contributed by atoms with Crippen molar-refractivity contribution in [1.29, 1.82) is 0 Å². The summed E-state index contributed by atoms with van der Waals surface area (Å²) in [5.41, 5.74) is 2.21. The smallest absolute Gasteiger partial charge is 0.0720 e. The second kappa shape index (κ2) is 8.87. The summed E-state index contributed by atoms with van der Waals surface area (Å²) < 4.78 is 6.14. The Morgan fingerprint density at radius 1 is 1.19 bits per heavy atom. The fourth-order valence-corrected chi connectivity index (χ4v) is 2.97. The predicted molar refractivity (Wildman–Crippen MR) is 85.8 cm³/mol. The van der Waals surface area contributed by atoms with Crippen molar-refractivity contribution in [1.82, 2.24) is 0 Å². The predicted octanol–water partition coefficient (Wildman–Crippen LogP) is 3.91. The van der Waals surface area contributed by atoms with Crippen LogP contribution in [-0.4, -0.2) is 17.8 Å². The minimum absolute atomic E-state index is 0.124. The van der Waals surface area contributed by atoms with Crippen LogP contribution in [0.1, 0.15) is 56.6 Å². The highest BCUT2D eigenvalue weighted by molar-refractivity contribution is 5.35. The third-order valence-electron chi connectivity index (χ3n) is 4.25. The Morgan fingerprint density at radius 3 is 2.67 bits per heavy atom. The number of hydrogen-bond acceptors (Lipinski definition) is 2. The Labute approximate surface area is 128 Å². The normalized spacial score (nSPS) is 21.6. The fourth-order valence-electron chi connectivity index (χ4n) is 2.97. The number of aliphatic hydroxyl groups is 1. The fraction of sp³-hybridized carbons (Fsp3) is 0.579. The van der Waals surface area contributed by atoms with E-state index in [1.165, 1.54) is 37.7 Å². The van der Waals surface area contributed by atoms with E-state index in [4.69, 9.17) is 9.84 Å². The maximum atomic E-state index is 8.70. The van der Waals surface area contributed by atoms with Crippen molar-refractivity contribution >= 4 is 0 Å². The molecule has 1 N–H and O–H groups in total. The first-order chi connectivity index (χ1) is 10.3. The quantitative estimate of drug-likeness (QED) is 0.832. The van der Waals surface area contributed by atoms with Crippen molar-refractivity contribution in [3.63, 3.8) is 0 Å². The monoisotopic (exact) mass is 286 g/mol. The van der Waals surface area contributed by atoms with E-state index in [2.05, 4.69) is 30.9 Å². The molecule has 1 saturated carbocycles. The average Bonchev–Trinajstić information content (AvgIpc) is 2.54. The molecule has 0 spiro atoms. The number of aliphatic hydroxyl groups excluding tert-OH is 1. The SMILES string of the molecule is CCC1CCCCC1OCc1ccc(C#CCCO)cc1. The molecule has 2 rings (SSSR count). The first kappa shape index (κ1) is 16.1. The molecule has 0 heterocycles.